The largest absolute Gasteiger partial charge is 0.496 e. The molecule has 0 aliphatic carbocycles. The van der Waals surface area contributed by atoms with Crippen molar-refractivity contribution in [3.63, 3.8) is 0 Å². The van der Waals surface area contributed by atoms with Gasteiger partial charge in [0.2, 0.25) is 0 Å². The Morgan fingerprint density at radius 3 is 2.62 bits per heavy atom. The Labute approximate surface area is 103 Å². The van der Waals surface area contributed by atoms with Crippen LogP contribution in [0.15, 0.2) is 24.3 Å². The number of para-hydroxylation sites is 1. The van der Waals surface area contributed by atoms with E-state index in [1.807, 2.05) is 12.1 Å². The topological polar surface area (TPSA) is 24.5 Å². The first-order valence-electron chi connectivity index (χ1n) is 5.45. The van der Waals surface area contributed by atoms with E-state index in [0.29, 0.717) is 0 Å². The molecule has 0 saturated carbocycles. The summed E-state index contributed by atoms with van der Waals surface area (Å²) in [4.78, 5) is 2.45. The van der Waals surface area contributed by atoms with Crippen molar-refractivity contribution in [1.29, 1.82) is 0 Å². The molecule has 1 aliphatic heterocycles. The maximum atomic E-state index is 5.34. The molecule has 0 amide bonds. The number of hydrogen-bond donors (Lipinski definition) is 1. The average molecular weight is 243 g/mol. The zero-order valence-corrected chi connectivity index (χ0v) is 10.4. The summed E-state index contributed by atoms with van der Waals surface area (Å²) in [6.45, 7) is 5.42. The van der Waals surface area contributed by atoms with Gasteiger partial charge in [0, 0.05) is 38.3 Å². The molecule has 0 atom stereocenters. The lowest BCUT2D eigenvalue weighted by atomic mass is 10.2. The van der Waals surface area contributed by atoms with Crippen molar-refractivity contribution >= 4 is 12.4 Å². The molecule has 16 heavy (non-hydrogen) atoms. The van der Waals surface area contributed by atoms with Crippen LogP contribution < -0.4 is 10.1 Å². The Bertz CT molecular complexity index is 314. The molecule has 0 spiro atoms. The van der Waals surface area contributed by atoms with E-state index in [1.54, 1.807) is 7.11 Å². The van der Waals surface area contributed by atoms with Crippen molar-refractivity contribution in [3.05, 3.63) is 29.8 Å². The minimum Gasteiger partial charge on any atom is -0.496 e. The molecule has 1 aliphatic rings. The highest BCUT2D eigenvalue weighted by Crippen LogP contribution is 2.19. The Morgan fingerprint density at radius 2 is 1.94 bits per heavy atom. The first-order valence-corrected chi connectivity index (χ1v) is 5.45. The van der Waals surface area contributed by atoms with E-state index in [4.69, 9.17) is 4.74 Å². The van der Waals surface area contributed by atoms with Crippen LogP contribution in [0.4, 0.5) is 0 Å². The third-order valence-electron chi connectivity index (χ3n) is 2.80. The number of piperazine rings is 1. The smallest absolute Gasteiger partial charge is 0.123 e. The molecule has 90 valence electrons. The van der Waals surface area contributed by atoms with Crippen LogP contribution >= 0.6 is 12.4 Å². The lowest BCUT2D eigenvalue weighted by molar-refractivity contribution is 0.230. The number of methoxy groups -OCH3 is 1. The highest BCUT2D eigenvalue weighted by Gasteiger charge is 2.11. The molecule has 4 heteroatoms. The predicted molar refractivity (Wildman–Crippen MR) is 68.4 cm³/mol. The third-order valence-corrected chi connectivity index (χ3v) is 2.80. The van der Waals surface area contributed by atoms with Crippen LogP contribution in [-0.4, -0.2) is 38.2 Å². The molecule has 0 bridgehead atoms. The maximum Gasteiger partial charge on any atom is 0.123 e. The summed E-state index contributed by atoms with van der Waals surface area (Å²) in [5.41, 5.74) is 1.28. The first-order chi connectivity index (χ1) is 7.40. The quantitative estimate of drug-likeness (QED) is 0.870. The molecule has 1 heterocycles. The van der Waals surface area contributed by atoms with Gasteiger partial charge in [-0.3, -0.25) is 4.90 Å². The van der Waals surface area contributed by atoms with E-state index in [2.05, 4.69) is 22.3 Å². The van der Waals surface area contributed by atoms with Crippen LogP contribution in [0.25, 0.3) is 0 Å². The van der Waals surface area contributed by atoms with Gasteiger partial charge >= 0.3 is 0 Å². The monoisotopic (exact) mass is 242 g/mol. The number of rotatable bonds is 3. The Hall–Kier alpha value is -0.770. The van der Waals surface area contributed by atoms with Gasteiger partial charge in [-0.1, -0.05) is 18.2 Å². The lowest BCUT2D eigenvalue weighted by Gasteiger charge is -2.27. The molecule has 1 aromatic carbocycles. The summed E-state index contributed by atoms with van der Waals surface area (Å²) in [5, 5.41) is 3.36. The molecule has 0 unspecified atom stereocenters. The fourth-order valence-electron chi connectivity index (χ4n) is 1.94. The molecular formula is C12H19ClN2O. The summed E-state index contributed by atoms with van der Waals surface area (Å²) in [6.07, 6.45) is 0. The van der Waals surface area contributed by atoms with Crippen LogP contribution in [0, 0.1) is 0 Å². The van der Waals surface area contributed by atoms with Gasteiger partial charge in [0.1, 0.15) is 5.75 Å². The molecule has 1 saturated heterocycles. The lowest BCUT2D eigenvalue weighted by Crippen LogP contribution is -2.42. The summed E-state index contributed by atoms with van der Waals surface area (Å²) >= 11 is 0. The van der Waals surface area contributed by atoms with Crippen molar-refractivity contribution in [2.45, 2.75) is 6.54 Å². The van der Waals surface area contributed by atoms with Crippen molar-refractivity contribution < 1.29 is 4.74 Å². The van der Waals surface area contributed by atoms with Gasteiger partial charge in [0.05, 0.1) is 7.11 Å². The molecule has 2 rings (SSSR count). The fourth-order valence-corrected chi connectivity index (χ4v) is 1.94. The van der Waals surface area contributed by atoms with Crippen molar-refractivity contribution in [3.8, 4) is 5.75 Å². The van der Waals surface area contributed by atoms with Gasteiger partial charge in [-0.05, 0) is 6.07 Å². The number of ether oxygens (including phenoxy) is 1. The minimum absolute atomic E-state index is 0. The van der Waals surface area contributed by atoms with E-state index in [1.165, 1.54) is 5.56 Å². The van der Waals surface area contributed by atoms with E-state index < -0.39 is 0 Å². The number of nitrogens with zero attached hydrogens (tertiary/aromatic N) is 1. The zero-order valence-electron chi connectivity index (χ0n) is 9.61. The van der Waals surface area contributed by atoms with Crippen LogP contribution in [-0.2, 0) is 6.54 Å². The maximum absolute atomic E-state index is 5.34. The Balaban J connectivity index is 0.00000128. The van der Waals surface area contributed by atoms with Crippen molar-refractivity contribution in [2.75, 3.05) is 33.3 Å². The van der Waals surface area contributed by atoms with Crippen LogP contribution in [0.2, 0.25) is 0 Å². The molecule has 1 fully saturated rings. The van der Waals surface area contributed by atoms with E-state index in [-0.39, 0.29) is 12.4 Å². The van der Waals surface area contributed by atoms with E-state index >= 15 is 0 Å². The highest BCUT2D eigenvalue weighted by molar-refractivity contribution is 5.85. The molecule has 3 nitrogen and oxygen atoms in total. The van der Waals surface area contributed by atoms with E-state index in [0.717, 1.165) is 38.5 Å². The molecule has 0 radical (unpaired) electrons. The Kier molecular flexibility index (Phi) is 5.60. The minimum atomic E-state index is 0. The number of hydrogen-bond acceptors (Lipinski definition) is 3. The van der Waals surface area contributed by atoms with Gasteiger partial charge in [0.25, 0.3) is 0 Å². The van der Waals surface area contributed by atoms with Gasteiger partial charge in [0.15, 0.2) is 0 Å². The standard InChI is InChI=1S/C12H18N2O.ClH/c1-15-12-5-3-2-4-11(12)10-14-8-6-13-7-9-14;/h2-5,13H,6-10H2,1H3;1H. The second-order valence-corrected chi connectivity index (χ2v) is 3.84. The van der Waals surface area contributed by atoms with Crippen LogP contribution in [0.3, 0.4) is 0 Å². The van der Waals surface area contributed by atoms with E-state index in [9.17, 15) is 0 Å². The van der Waals surface area contributed by atoms with Crippen molar-refractivity contribution in [1.82, 2.24) is 10.2 Å². The first kappa shape index (κ1) is 13.3. The van der Waals surface area contributed by atoms with Gasteiger partial charge in [-0.25, -0.2) is 0 Å². The van der Waals surface area contributed by atoms with Crippen LogP contribution in [0.1, 0.15) is 5.56 Å². The van der Waals surface area contributed by atoms with Gasteiger partial charge in [-0.2, -0.15) is 0 Å². The number of halogens is 1. The zero-order chi connectivity index (χ0) is 10.5. The summed E-state index contributed by atoms with van der Waals surface area (Å²) < 4.78 is 5.34. The summed E-state index contributed by atoms with van der Waals surface area (Å²) in [7, 11) is 1.73. The highest BCUT2D eigenvalue weighted by atomic mass is 35.5. The number of nitrogens with one attached hydrogen (secondary N) is 1. The SMILES string of the molecule is COc1ccccc1CN1CCNCC1.Cl. The molecule has 0 aromatic heterocycles. The molecular weight excluding hydrogens is 224 g/mol. The van der Waals surface area contributed by atoms with Gasteiger partial charge < -0.3 is 10.1 Å². The average Bonchev–Trinajstić information content (AvgIpc) is 2.31. The second kappa shape index (κ2) is 6.74. The third kappa shape index (κ3) is 3.37. The normalized spacial score (nSPS) is 16.6. The number of benzene rings is 1. The van der Waals surface area contributed by atoms with Crippen molar-refractivity contribution in [2.24, 2.45) is 0 Å². The fraction of sp³-hybridized carbons (Fsp3) is 0.500. The molecule has 1 aromatic rings. The second-order valence-electron chi connectivity index (χ2n) is 3.84. The molecule has 1 N–H and O–H groups in total. The predicted octanol–water partition coefficient (Wildman–Crippen LogP) is 1.52. The van der Waals surface area contributed by atoms with Gasteiger partial charge in [-0.15, -0.1) is 12.4 Å². The summed E-state index contributed by atoms with van der Waals surface area (Å²) in [6, 6.07) is 8.25. The van der Waals surface area contributed by atoms with Crippen LogP contribution in [0.5, 0.6) is 5.75 Å². The summed E-state index contributed by atoms with van der Waals surface area (Å²) in [5.74, 6) is 0.996. The Morgan fingerprint density at radius 1 is 1.25 bits per heavy atom.